The van der Waals surface area contributed by atoms with Crippen LogP contribution in [0.4, 0.5) is 10.1 Å². The van der Waals surface area contributed by atoms with E-state index in [0.29, 0.717) is 10.6 Å². The molecule has 136 valence electrons. The SMILES string of the molecule is Cc1nc2ccccc2c(NC(C)c2cc(-c3cn[nH]c3)ccc2F)c1Cl. The van der Waals surface area contributed by atoms with Gasteiger partial charge >= 0.3 is 0 Å². The fraction of sp³-hybridized carbons (Fsp3) is 0.143. The molecule has 2 aromatic heterocycles. The summed E-state index contributed by atoms with van der Waals surface area (Å²) in [4.78, 5) is 4.52. The Labute approximate surface area is 161 Å². The average molecular weight is 381 g/mol. The number of nitrogens with one attached hydrogen (secondary N) is 2. The van der Waals surface area contributed by atoms with Gasteiger partial charge in [0, 0.05) is 22.7 Å². The number of pyridine rings is 1. The van der Waals surface area contributed by atoms with Crippen LogP contribution in [0, 0.1) is 12.7 Å². The molecule has 6 heteroatoms. The van der Waals surface area contributed by atoms with E-state index < -0.39 is 0 Å². The van der Waals surface area contributed by atoms with Crippen molar-refractivity contribution in [3.05, 3.63) is 77.0 Å². The summed E-state index contributed by atoms with van der Waals surface area (Å²) in [6.45, 7) is 3.78. The third kappa shape index (κ3) is 3.26. The molecule has 1 atom stereocenters. The largest absolute Gasteiger partial charge is 0.377 e. The van der Waals surface area contributed by atoms with Gasteiger partial charge in [-0.2, -0.15) is 5.10 Å². The standard InChI is InChI=1S/C21H18ClFN4/c1-12(17-9-14(7-8-18(17)23)15-10-24-25-11-15)27-21-16-5-3-4-6-19(16)26-13(2)20(21)22/h3-12H,1-2H3,(H,24,25)(H,26,27). The van der Waals surface area contributed by atoms with E-state index in [4.69, 9.17) is 11.6 Å². The second kappa shape index (κ2) is 7.00. The van der Waals surface area contributed by atoms with E-state index in [2.05, 4.69) is 20.5 Å². The predicted octanol–water partition coefficient (Wildman–Crippen LogP) is 5.90. The quantitative estimate of drug-likeness (QED) is 0.463. The Morgan fingerprint density at radius 3 is 2.74 bits per heavy atom. The maximum absolute atomic E-state index is 14.5. The number of H-pyrrole nitrogens is 1. The fourth-order valence-corrected chi connectivity index (χ4v) is 3.41. The van der Waals surface area contributed by atoms with Gasteiger partial charge in [-0.05, 0) is 37.6 Å². The number of para-hydroxylation sites is 1. The molecule has 4 aromatic rings. The number of nitrogens with zero attached hydrogens (tertiary/aromatic N) is 2. The molecule has 0 saturated carbocycles. The van der Waals surface area contributed by atoms with Crippen molar-refractivity contribution in [2.24, 2.45) is 0 Å². The first kappa shape index (κ1) is 17.5. The van der Waals surface area contributed by atoms with Crippen LogP contribution < -0.4 is 5.32 Å². The summed E-state index contributed by atoms with van der Waals surface area (Å²) in [6, 6.07) is 12.5. The van der Waals surface area contributed by atoms with Crippen LogP contribution in [-0.2, 0) is 0 Å². The summed E-state index contributed by atoms with van der Waals surface area (Å²) in [7, 11) is 0. The second-order valence-electron chi connectivity index (χ2n) is 6.49. The maximum atomic E-state index is 14.5. The zero-order valence-corrected chi connectivity index (χ0v) is 15.7. The number of aryl methyl sites for hydroxylation is 1. The number of fused-ring (bicyclic) bond motifs is 1. The number of hydrogen-bond donors (Lipinski definition) is 2. The minimum absolute atomic E-state index is 0.270. The Bertz CT molecular complexity index is 1110. The summed E-state index contributed by atoms with van der Waals surface area (Å²) in [6.07, 6.45) is 3.50. The van der Waals surface area contributed by atoms with Crippen molar-refractivity contribution in [2.75, 3.05) is 5.32 Å². The molecule has 2 aromatic carbocycles. The molecule has 0 amide bonds. The van der Waals surface area contributed by atoms with Gasteiger partial charge in [0.05, 0.1) is 34.2 Å². The molecule has 0 aliphatic rings. The fourth-order valence-electron chi connectivity index (χ4n) is 3.21. The van der Waals surface area contributed by atoms with Crippen molar-refractivity contribution in [3.63, 3.8) is 0 Å². The normalized spacial score (nSPS) is 12.3. The van der Waals surface area contributed by atoms with E-state index in [1.165, 1.54) is 6.07 Å². The van der Waals surface area contributed by atoms with Gasteiger partial charge in [0.2, 0.25) is 0 Å². The van der Waals surface area contributed by atoms with Gasteiger partial charge in [0.25, 0.3) is 0 Å². The van der Waals surface area contributed by atoms with Crippen molar-refractivity contribution in [1.29, 1.82) is 0 Å². The topological polar surface area (TPSA) is 53.6 Å². The Balaban J connectivity index is 1.75. The minimum atomic E-state index is -0.292. The van der Waals surface area contributed by atoms with Crippen LogP contribution in [0.1, 0.15) is 24.2 Å². The highest BCUT2D eigenvalue weighted by atomic mass is 35.5. The van der Waals surface area contributed by atoms with E-state index in [9.17, 15) is 4.39 Å². The van der Waals surface area contributed by atoms with Gasteiger partial charge < -0.3 is 5.32 Å². The molecule has 2 heterocycles. The molecule has 0 spiro atoms. The molecule has 0 aliphatic carbocycles. The molecule has 4 rings (SSSR count). The molecule has 0 saturated heterocycles. The summed E-state index contributed by atoms with van der Waals surface area (Å²) in [5, 5.41) is 11.6. The van der Waals surface area contributed by atoms with E-state index in [0.717, 1.165) is 33.4 Å². The Hall–Kier alpha value is -2.92. The van der Waals surface area contributed by atoms with Gasteiger partial charge in [0.15, 0.2) is 0 Å². The summed E-state index contributed by atoms with van der Waals surface area (Å²) < 4.78 is 14.5. The van der Waals surface area contributed by atoms with Crippen LogP contribution in [0.2, 0.25) is 5.02 Å². The smallest absolute Gasteiger partial charge is 0.128 e. The van der Waals surface area contributed by atoms with E-state index in [1.54, 1.807) is 18.5 Å². The molecule has 4 nitrogen and oxygen atoms in total. The lowest BCUT2D eigenvalue weighted by molar-refractivity contribution is 0.600. The van der Waals surface area contributed by atoms with Crippen LogP contribution >= 0.6 is 11.6 Å². The zero-order valence-electron chi connectivity index (χ0n) is 14.9. The summed E-state index contributed by atoms with van der Waals surface area (Å²) in [5.74, 6) is -0.270. The number of benzene rings is 2. The lowest BCUT2D eigenvalue weighted by atomic mass is 10.0. The monoisotopic (exact) mass is 380 g/mol. The first-order valence-corrected chi connectivity index (χ1v) is 9.02. The summed E-state index contributed by atoms with van der Waals surface area (Å²) >= 11 is 6.52. The van der Waals surface area contributed by atoms with Crippen molar-refractivity contribution in [2.45, 2.75) is 19.9 Å². The van der Waals surface area contributed by atoms with Crippen molar-refractivity contribution in [3.8, 4) is 11.1 Å². The van der Waals surface area contributed by atoms with Gasteiger partial charge in [-0.1, -0.05) is 35.9 Å². The van der Waals surface area contributed by atoms with E-state index in [-0.39, 0.29) is 11.9 Å². The maximum Gasteiger partial charge on any atom is 0.128 e. The number of hydrogen-bond acceptors (Lipinski definition) is 3. The Morgan fingerprint density at radius 1 is 1.15 bits per heavy atom. The minimum Gasteiger partial charge on any atom is -0.377 e. The molecule has 1 unspecified atom stereocenters. The summed E-state index contributed by atoms with van der Waals surface area (Å²) in [5.41, 5.74) is 4.71. The molecule has 0 radical (unpaired) electrons. The number of aromatic amines is 1. The number of anilines is 1. The second-order valence-corrected chi connectivity index (χ2v) is 6.87. The predicted molar refractivity (Wildman–Crippen MR) is 108 cm³/mol. The molecular weight excluding hydrogens is 363 g/mol. The van der Waals surface area contributed by atoms with Gasteiger partial charge in [-0.25, -0.2) is 4.39 Å². The van der Waals surface area contributed by atoms with Crippen LogP contribution in [0.5, 0.6) is 0 Å². The first-order chi connectivity index (χ1) is 13.0. The van der Waals surface area contributed by atoms with Crippen molar-refractivity contribution >= 4 is 28.2 Å². The van der Waals surface area contributed by atoms with Gasteiger partial charge in [-0.15, -0.1) is 0 Å². The number of aromatic nitrogens is 3. The Morgan fingerprint density at radius 2 is 1.96 bits per heavy atom. The van der Waals surface area contributed by atoms with E-state index >= 15 is 0 Å². The third-order valence-electron chi connectivity index (χ3n) is 4.65. The lowest BCUT2D eigenvalue weighted by Crippen LogP contribution is -2.10. The lowest BCUT2D eigenvalue weighted by Gasteiger charge is -2.20. The van der Waals surface area contributed by atoms with Crippen LogP contribution in [-0.4, -0.2) is 15.2 Å². The molecule has 27 heavy (non-hydrogen) atoms. The molecule has 0 bridgehead atoms. The van der Waals surface area contributed by atoms with E-state index in [1.807, 2.05) is 44.2 Å². The van der Waals surface area contributed by atoms with Crippen molar-refractivity contribution < 1.29 is 4.39 Å². The number of halogens is 2. The van der Waals surface area contributed by atoms with Gasteiger partial charge in [0.1, 0.15) is 5.82 Å². The Kier molecular flexibility index (Phi) is 4.54. The number of rotatable bonds is 4. The molecule has 0 aliphatic heterocycles. The third-order valence-corrected chi connectivity index (χ3v) is 5.12. The van der Waals surface area contributed by atoms with Crippen molar-refractivity contribution in [1.82, 2.24) is 15.2 Å². The van der Waals surface area contributed by atoms with Crippen LogP contribution in [0.15, 0.2) is 54.9 Å². The van der Waals surface area contributed by atoms with Crippen LogP contribution in [0.25, 0.3) is 22.0 Å². The first-order valence-electron chi connectivity index (χ1n) is 8.64. The molecule has 2 N–H and O–H groups in total. The highest BCUT2D eigenvalue weighted by molar-refractivity contribution is 6.35. The average Bonchev–Trinajstić information content (AvgIpc) is 3.20. The zero-order chi connectivity index (χ0) is 19.0. The van der Waals surface area contributed by atoms with Gasteiger partial charge in [-0.3, -0.25) is 10.1 Å². The molecular formula is C21H18ClFN4. The highest BCUT2D eigenvalue weighted by Gasteiger charge is 2.17. The van der Waals surface area contributed by atoms with Crippen LogP contribution in [0.3, 0.4) is 0 Å². The highest BCUT2D eigenvalue weighted by Crippen LogP contribution is 2.35. The molecule has 0 fully saturated rings.